The Balaban J connectivity index is 2.02. The van der Waals surface area contributed by atoms with Crippen LogP contribution in [0.1, 0.15) is 51.0 Å². The van der Waals surface area contributed by atoms with Gasteiger partial charge < -0.3 is 10.8 Å². The normalized spacial score (nSPS) is 28.9. The minimum absolute atomic E-state index is 0.0717. The highest BCUT2D eigenvalue weighted by Crippen LogP contribution is 2.32. The van der Waals surface area contributed by atoms with Gasteiger partial charge in [-0.15, -0.1) is 0 Å². The molecule has 18 heavy (non-hydrogen) atoms. The van der Waals surface area contributed by atoms with E-state index in [0.717, 1.165) is 30.7 Å². The fourth-order valence-corrected chi connectivity index (χ4v) is 3.16. The molecule has 1 aromatic rings. The molecule has 1 fully saturated rings. The van der Waals surface area contributed by atoms with E-state index in [1.54, 1.807) is 6.07 Å². The first-order valence-corrected chi connectivity index (χ1v) is 7.18. The minimum Gasteiger partial charge on any atom is -0.508 e. The highest BCUT2D eigenvalue weighted by Gasteiger charge is 2.29. The van der Waals surface area contributed by atoms with Crippen molar-refractivity contribution in [2.75, 3.05) is 0 Å². The van der Waals surface area contributed by atoms with Gasteiger partial charge in [0.2, 0.25) is 0 Å². The van der Waals surface area contributed by atoms with Crippen LogP contribution in [0.15, 0.2) is 24.3 Å². The van der Waals surface area contributed by atoms with Crippen molar-refractivity contribution in [3.8, 4) is 5.75 Å². The molecule has 2 rings (SSSR count). The van der Waals surface area contributed by atoms with E-state index in [1.807, 2.05) is 12.1 Å². The predicted molar refractivity (Wildman–Crippen MR) is 75.6 cm³/mol. The molecule has 0 aromatic heterocycles. The standard InChI is InChI=1S/C16H25NO/c1-2-13-6-4-9-16(17,10-8-13)12-14-5-3-7-15(18)11-14/h3,5,7,11,13,18H,2,4,6,8-10,12,17H2,1H3. The van der Waals surface area contributed by atoms with Crippen molar-refractivity contribution >= 4 is 0 Å². The first kappa shape index (κ1) is 13.4. The molecule has 2 heteroatoms. The Morgan fingerprint density at radius 3 is 2.89 bits per heavy atom. The first-order chi connectivity index (χ1) is 8.61. The summed E-state index contributed by atoms with van der Waals surface area (Å²) in [6.07, 6.45) is 8.22. The van der Waals surface area contributed by atoms with Crippen molar-refractivity contribution in [1.82, 2.24) is 0 Å². The molecule has 0 aliphatic heterocycles. The van der Waals surface area contributed by atoms with Gasteiger partial charge in [0.05, 0.1) is 0 Å². The second-order valence-electron chi connectivity index (χ2n) is 5.91. The van der Waals surface area contributed by atoms with Crippen molar-refractivity contribution in [3.63, 3.8) is 0 Å². The third-order valence-electron chi connectivity index (χ3n) is 4.38. The average molecular weight is 247 g/mol. The molecule has 0 heterocycles. The van der Waals surface area contributed by atoms with Crippen molar-refractivity contribution < 1.29 is 5.11 Å². The van der Waals surface area contributed by atoms with Gasteiger partial charge in [-0.25, -0.2) is 0 Å². The second kappa shape index (κ2) is 5.75. The number of benzene rings is 1. The van der Waals surface area contributed by atoms with Crippen LogP contribution in [0.25, 0.3) is 0 Å². The summed E-state index contributed by atoms with van der Waals surface area (Å²) in [4.78, 5) is 0. The van der Waals surface area contributed by atoms with Crippen LogP contribution in [0, 0.1) is 5.92 Å². The molecule has 1 aliphatic rings. The minimum atomic E-state index is -0.0717. The summed E-state index contributed by atoms with van der Waals surface area (Å²) >= 11 is 0. The number of nitrogens with two attached hydrogens (primary N) is 1. The zero-order valence-corrected chi connectivity index (χ0v) is 11.4. The molecule has 1 saturated carbocycles. The van der Waals surface area contributed by atoms with Crippen molar-refractivity contribution in [2.24, 2.45) is 11.7 Å². The maximum Gasteiger partial charge on any atom is 0.115 e. The lowest BCUT2D eigenvalue weighted by atomic mass is 9.84. The SMILES string of the molecule is CCC1CCCC(N)(Cc2cccc(O)c2)CC1. The van der Waals surface area contributed by atoms with Gasteiger partial charge in [-0.2, -0.15) is 0 Å². The van der Waals surface area contributed by atoms with Crippen LogP contribution in [0.4, 0.5) is 0 Å². The zero-order chi connectivity index (χ0) is 13.0. The van der Waals surface area contributed by atoms with Crippen LogP contribution in [0.3, 0.4) is 0 Å². The Kier molecular flexibility index (Phi) is 4.28. The Morgan fingerprint density at radius 2 is 2.17 bits per heavy atom. The van der Waals surface area contributed by atoms with E-state index in [1.165, 1.54) is 25.7 Å². The largest absolute Gasteiger partial charge is 0.508 e. The van der Waals surface area contributed by atoms with E-state index in [0.29, 0.717) is 5.75 Å². The summed E-state index contributed by atoms with van der Waals surface area (Å²) in [5.41, 5.74) is 7.66. The van der Waals surface area contributed by atoms with Crippen LogP contribution >= 0.6 is 0 Å². The molecule has 2 unspecified atom stereocenters. The van der Waals surface area contributed by atoms with E-state index in [9.17, 15) is 5.11 Å². The van der Waals surface area contributed by atoms with Crippen LogP contribution < -0.4 is 5.73 Å². The second-order valence-corrected chi connectivity index (χ2v) is 5.91. The van der Waals surface area contributed by atoms with E-state index in [4.69, 9.17) is 5.73 Å². The molecule has 2 nitrogen and oxygen atoms in total. The fraction of sp³-hybridized carbons (Fsp3) is 0.625. The van der Waals surface area contributed by atoms with E-state index in [-0.39, 0.29) is 5.54 Å². The summed E-state index contributed by atoms with van der Waals surface area (Å²) in [7, 11) is 0. The maximum absolute atomic E-state index is 9.52. The molecule has 1 aromatic carbocycles. The lowest BCUT2D eigenvalue weighted by Crippen LogP contribution is -2.41. The molecule has 0 radical (unpaired) electrons. The van der Waals surface area contributed by atoms with Gasteiger partial charge >= 0.3 is 0 Å². The van der Waals surface area contributed by atoms with E-state index >= 15 is 0 Å². The Bertz CT molecular complexity index is 390. The topological polar surface area (TPSA) is 46.2 Å². The summed E-state index contributed by atoms with van der Waals surface area (Å²) in [6, 6.07) is 7.53. The summed E-state index contributed by atoms with van der Waals surface area (Å²) in [6.45, 7) is 2.28. The molecule has 0 bridgehead atoms. The van der Waals surface area contributed by atoms with Gasteiger partial charge in [-0.1, -0.05) is 38.3 Å². The van der Waals surface area contributed by atoms with Crippen molar-refractivity contribution in [3.05, 3.63) is 29.8 Å². The molecule has 100 valence electrons. The van der Waals surface area contributed by atoms with E-state index in [2.05, 4.69) is 13.0 Å². The van der Waals surface area contributed by atoms with Crippen LogP contribution in [-0.4, -0.2) is 10.6 Å². The zero-order valence-electron chi connectivity index (χ0n) is 11.4. The van der Waals surface area contributed by atoms with Crippen molar-refractivity contribution in [1.29, 1.82) is 0 Å². The number of aromatic hydroxyl groups is 1. The number of phenolic OH excluding ortho intramolecular Hbond substituents is 1. The van der Waals surface area contributed by atoms with Gasteiger partial charge in [0, 0.05) is 5.54 Å². The van der Waals surface area contributed by atoms with Gasteiger partial charge in [0.15, 0.2) is 0 Å². The van der Waals surface area contributed by atoms with Crippen LogP contribution in [0.2, 0.25) is 0 Å². The lowest BCUT2D eigenvalue weighted by molar-refractivity contribution is 0.357. The molecule has 1 aliphatic carbocycles. The number of phenols is 1. The number of hydrogen-bond acceptors (Lipinski definition) is 2. The average Bonchev–Trinajstić information content (AvgIpc) is 2.51. The number of hydrogen-bond donors (Lipinski definition) is 2. The van der Waals surface area contributed by atoms with Gasteiger partial charge in [0.1, 0.15) is 5.75 Å². The van der Waals surface area contributed by atoms with Gasteiger partial charge in [-0.3, -0.25) is 0 Å². The highest BCUT2D eigenvalue weighted by molar-refractivity contribution is 5.28. The quantitative estimate of drug-likeness (QED) is 0.801. The third kappa shape index (κ3) is 3.49. The molecular weight excluding hydrogens is 222 g/mol. The third-order valence-corrected chi connectivity index (χ3v) is 4.38. The molecule has 0 saturated heterocycles. The molecule has 0 amide bonds. The summed E-state index contributed by atoms with van der Waals surface area (Å²) in [5, 5.41) is 9.52. The van der Waals surface area contributed by atoms with E-state index < -0.39 is 0 Å². The Morgan fingerprint density at radius 1 is 1.33 bits per heavy atom. The summed E-state index contributed by atoms with van der Waals surface area (Å²) < 4.78 is 0. The first-order valence-electron chi connectivity index (χ1n) is 7.18. The molecule has 3 N–H and O–H groups in total. The Labute approximate surface area is 110 Å². The van der Waals surface area contributed by atoms with Crippen LogP contribution in [-0.2, 0) is 6.42 Å². The molecular formula is C16H25NO. The number of rotatable bonds is 3. The van der Waals surface area contributed by atoms with Gasteiger partial charge in [0.25, 0.3) is 0 Å². The predicted octanol–water partition coefficient (Wildman–Crippen LogP) is 3.62. The van der Waals surface area contributed by atoms with Crippen molar-refractivity contribution in [2.45, 2.75) is 57.4 Å². The Hall–Kier alpha value is -1.02. The molecule has 0 spiro atoms. The smallest absolute Gasteiger partial charge is 0.115 e. The highest BCUT2D eigenvalue weighted by atomic mass is 16.3. The van der Waals surface area contributed by atoms with Gasteiger partial charge in [-0.05, 0) is 49.3 Å². The maximum atomic E-state index is 9.52. The fourth-order valence-electron chi connectivity index (χ4n) is 3.16. The lowest BCUT2D eigenvalue weighted by Gasteiger charge is -2.28. The molecule has 2 atom stereocenters. The van der Waals surface area contributed by atoms with Crippen LogP contribution in [0.5, 0.6) is 5.75 Å². The summed E-state index contributed by atoms with van der Waals surface area (Å²) in [5.74, 6) is 1.20. The monoisotopic (exact) mass is 247 g/mol.